The molecule has 0 radical (unpaired) electrons. The number of alkyl halides is 3. The number of aryl methyl sites for hydroxylation is 2. The van der Waals surface area contributed by atoms with Crippen LogP contribution in [0.1, 0.15) is 17.8 Å². The van der Waals surface area contributed by atoms with Gasteiger partial charge in [-0.2, -0.15) is 13.2 Å². The molecule has 0 saturated heterocycles. The van der Waals surface area contributed by atoms with Crippen molar-refractivity contribution in [1.29, 1.82) is 0 Å². The minimum atomic E-state index is -4.39. The predicted octanol–water partition coefficient (Wildman–Crippen LogP) is 3.13. The summed E-state index contributed by atoms with van der Waals surface area (Å²) in [7, 11) is 1.62. The van der Waals surface area contributed by atoms with Crippen molar-refractivity contribution < 1.29 is 13.2 Å². The molecule has 0 bridgehead atoms. The van der Waals surface area contributed by atoms with Crippen molar-refractivity contribution in [3.05, 3.63) is 42.1 Å². The Morgan fingerprint density at radius 2 is 2.00 bits per heavy atom. The summed E-state index contributed by atoms with van der Waals surface area (Å²) in [6.45, 7) is 3.09. The van der Waals surface area contributed by atoms with Crippen LogP contribution in [0.3, 0.4) is 0 Å². The minimum Gasteiger partial charge on any atom is -0.359 e. The average molecular weight is 298 g/mol. The molecule has 2 aromatic rings. The van der Waals surface area contributed by atoms with E-state index in [4.69, 9.17) is 0 Å². The molecule has 2 rings (SSSR count). The lowest BCUT2D eigenvalue weighted by Crippen LogP contribution is -2.24. The number of halogens is 3. The first-order chi connectivity index (χ1) is 9.89. The Morgan fingerprint density at radius 3 is 2.62 bits per heavy atom. The van der Waals surface area contributed by atoms with Gasteiger partial charge in [-0.25, -0.2) is 9.97 Å². The third-order valence-electron chi connectivity index (χ3n) is 3.27. The van der Waals surface area contributed by atoms with Crippen LogP contribution in [0.5, 0.6) is 0 Å². The molecule has 0 saturated carbocycles. The lowest BCUT2D eigenvalue weighted by atomic mass is 10.2. The molecule has 0 aliphatic carbocycles. The Balaban J connectivity index is 2.01. The Kier molecular flexibility index (Phi) is 4.50. The van der Waals surface area contributed by atoms with Crippen LogP contribution < -0.4 is 4.90 Å². The summed E-state index contributed by atoms with van der Waals surface area (Å²) in [6.07, 6.45) is 1.26. The zero-order chi connectivity index (χ0) is 15.5. The fraction of sp³-hybridized carbons (Fsp3) is 0.429. The number of imidazole rings is 1. The first-order valence-electron chi connectivity index (χ1n) is 6.60. The molecular weight excluding hydrogens is 281 g/mol. The first-order valence-corrected chi connectivity index (χ1v) is 6.60. The van der Waals surface area contributed by atoms with Crippen LogP contribution in [-0.4, -0.2) is 28.1 Å². The molecule has 0 unspecified atom stereocenters. The molecule has 21 heavy (non-hydrogen) atoms. The lowest BCUT2D eigenvalue weighted by Gasteiger charge is -2.22. The summed E-state index contributed by atoms with van der Waals surface area (Å²) < 4.78 is 40.8. The highest BCUT2D eigenvalue weighted by atomic mass is 19.4. The van der Waals surface area contributed by atoms with Gasteiger partial charge in [-0.05, 0) is 25.5 Å². The quantitative estimate of drug-likeness (QED) is 0.850. The van der Waals surface area contributed by atoms with Gasteiger partial charge in [0.05, 0.1) is 5.56 Å². The number of anilines is 1. The van der Waals surface area contributed by atoms with Crippen molar-refractivity contribution in [2.75, 3.05) is 18.5 Å². The van der Waals surface area contributed by atoms with E-state index < -0.39 is 11.7 Å². The smallest absolute Gasteiger partial charge is 0.359 e. The number of rotatable bonds is 5. The van der Waals surface area contributed by atoms with Gasteiger partial charge in [-0.3, -0.25) is 0 Å². The highest BCUT2D eigenvalue weighted by molar-refractivity contribution is 5.47. The van der Waals surface area contributed by atoms with E-state index in [2.05, 4.69) is 9.97 Å². The highest BCUT2D eigenvalue weighted by Crippen LogP contribution is 2.34. The van der Waals surface area contributed by atoms with Gasteiger partial charge in [0.2, 0.25) is 0 Å². The zero-order valence-corrected chi connectivity index (χ0v) is 11.9. The Hall–Kier alpha value is -2.05. The van der Waals surface area contributed by atoms with E-state index >= 15 is 0 Å². The maximum Gasteiger partial charge on any atom is 0.419 e. The number of hydrogen-bond donors (Lipinski definition) is 0. The Labute approximate surface area is 121 Å². The summed E-state index contributed by atoms with van der Waals surface area (Å²) in [5, 5.41) is 0. The topological polar surface area (TPSA) is 34.0 Å². The highest BCUT2D eigenvalue weighted by Gasteiger charge is 2.34. The third-order valence-corrected chi connectivity index (χ3v) is 3.27. The van der Waals surface area contributed by atoms with Gasteiger partial charge in [0.25, 0.3) is 0 Å². The first kappa shape index (κ1) is 15.3. The molecule has 0 N–H and O–H groups in total. The van der Waals surface area contributed by atoms with Gasteiger partial charge in [-0.15, -0.1) is 0 Å². The molecule has 0 aliphatic heterocycles. The Bertz CT molecular complexity index is 592. The van der Waals surface area contributed by atoms with Crippen LogP contribution in [0.4, 0.5) is 19.0 Å². The van der Waals surface area contributed by atoms with Crippen molar-refractivity contribution in [3.8, 4) is 0 Å². The molecule has 114 valence electrons. The molecule has 0 fully saturated rings. The predicted molar refractivity (Wildman–Crippen MR) is 74.1 cm³/mol. The molecule has 0 aromatic carbocycles. The molecule has 4 nitrogen and oxygen atoms in total. The molecule has 2 aromatic heterocycles. The minimum absolute atomic E-state index is 0.0349. The van der Waals surface area contributed by atoms with Gasteiger partial charge < -0.3 is 9.47 Å². The average Bonchev–Trinajstić information content (AvgIpc) is 2.83. The van der Waals surface area contributed by atoms with Gasteiger partial charge in [0.15, 0.2) is 0 Å². The van der Waals surface area contributed by atoms with Crippen molar-refractivity contribution in [1.82, 2.24) is 14.5 Å². The van der Waals surface area contributed by atoms with Crippen LogP contribution in [0.25, 0.3) is 0 Å². The number of nitrogens with zero attached hydrogens (tertiary/aromatic N) is 4. The molecule has 2 heterocycles. The summed E-state index contributed by atoms with van der Waals surface area (Å²) in [5.74, 6) is 0.860. The van der Waals surface area contributed by atoms with E-state index in [1.165, 1.54) is 17.2 Å². The van der Waals surface area contributed by atoms with Crippen LogP contribution >= 0.6 is 0 Å². The van der Waals surface area contributed by atoms with E-state index in [0.29, 0.717) is 19.5 Å². The molecule has 0 atom stereocenters. The van der Waals surface area contributed by atoms with Gasteiger partial charge in [0.1, 0.15) is 11.6 Å². The Morgan fingerprint density at radius 1 is 1.24 bits per heavy atom. The van der Waals surface area contributed by atoms with E-state index in [-0.39, 0.29) is 5.82 Å². The largest absolute Gasteiger partial charge is 0.419 e. The molecular formula is C14H17F3N4. The summed E-state index contributed by atoms with van der Waals surface area (Å²) >= 11 is 0. The van der Waals surface area contributed by atoms with Crippen LogP contribution in [-0.2, 0) is 12.7 Å². The SMILES string of the molecule is Cc1nccn1CCCN(C)c1ncccc1C(F)(F)F. The number of pyridine rings is 1. The fourth-order valence-corrected chi connectivity index (χ4v) is 2.15. The van der Waals surface area contributed by atoms with Gasteiger partial charge in [-0.1, -0.05) is 0 Å². The summed E-state index contributed by atoms with van der Waals surface area (Å²) in [5.41, 5.74) is -0.702. The van der Waals surface area contributed by atoms with E-state index in [0.717, 1.165) is 11.9 Å². The van der Waals surface area contributed by atoms with Crippen molar-refractivity contribution in [3.63, 3.8) is 0 Å². The van der Waals surface area contributed by atoms with E-state index in [1.807, 2.05) is 17.7 Å². The number of hydrogen-bond acceptors (Lipinski definition) is 3. The lowest BCUT2D eigenvalue weighted by molar-refractivity contribution is -0.137. The third kappa shape index (κ3) is 3.74. The van der Waals surface area contributed by atoms with Gasteiger partial charge in [0, 0.05) is 38.7 Å². The standard InChI is InChI=1S/C14H17F3N4/c1-11-18-7-10-21(11)9-4-8-20(2)13-12(14(15,16)17)5-3-6-19-13/h3,5-7,10H,4,8-9H2,1-2H3. The normalized spacial score (nSPS) is 11.7. The van der Waals surface area contributed by atoms with Crippen molar-refractivity contribution >= 4 is 5.82 Å². The van der Waals surface area contributed by atoms with Crippen LogP contribution in [0, 0.1) is 6.92 Å². The fourth-order valence-electron chi connectivity index (χ4n) is 2.15. The molecule has 7 heteroatoms. The van der Waals surface area contributed by atoms with Gasteiger partial charge >= 0.3 is 6.18 Å². The summed E-state index contributed by atoms with van der Waals surface area (Å²) in [4.78, 5) is 9.51. The second kappa shape index (κ2) is 6.15. The second-order valence-corrected chi connectivity index (χ2v) is 4.82. The zero-order valence-electron chi connectivity index (χ0n) is 11.9. The second-order valence-electron chi connectivity index (χ2n) is 4.82. The van der Waals surface area contributed by atoms with Crippen LogP contribution in [0.2, 0.25) is 0 Å². The van der Waals surface area contributed by atoms with E-state index in [1.54, 1.807) is 13.2 Å². The monoisotopic (exact) mass is 298 g/mol. The van der Waals surface area contributed by atoms with Crippen molar-refractivity contribution in [2.24, 2.45) is 0 Å². The maximum atomic E-state index is 12.9. The van der Waals surface area contributed by atoms with E-state index in [9.17, 15) is 13.2 Å². The molecule has 0 amide bonds. The number of aromatic nitrogens is 3. The molecule has 0 spiro atoms. The van der Waals surface area contributed by atoms with Crippen LogP contribution in [0.15, 0.2) is 30.7 Å². The molecule has 0 aliphatic rings. The van der Waals surface area contributed by atoms with Crippen molar-refractivity contribution in [2.45, 2.75) is 26.1 Å². The summed E-state index contributed by atoms with van der Waals surface area (Å²) in [6, 6.07) is 2.36. The maximum absolute atomic E-state index is 12.9.